The van der Waals surface area contributed by atoms with E-state index in [1.54, 1.807) is 37.4 Å². The van der Waals surface area contributed by atoms with Gasteiger partial charge in [0.15, 0.2) is 0 Å². The van der Waals surface area contributed by atoms with Gasteiger partial charge in [-0.15, -0.1) is 0 Å². The van der Waals surface area contributed by atoms with Crippen LogP contribution in [0.2, 0.25) is 0 Å². The first-order valence-electron chi connectivity index (χ1n) is 6.12. The second-order valence-corrected chi connectivity index (χ2v) is 6.15. The van der Waals surface area contributed by atoms with Gasteiger partial charge in [-0.1, -0.05) is 24.3 Å². The largest absolute Gasteiger partial charge is 0.497 e. The molecule has 0 saturated heterocycles. The minimum atomic E-state index is -3.51. The van der Waals surface area contributed by atoms with Crippen molar-refractivity contribution in [3.05, 3.63) is 54.1 Å². The average molecular weight is 290 g/mol. The molecule has 0 spiro atoms. The predicted octanol–water partition coefficient (Wildman–Crippen LogP) is 2.10. The van der Waals surface area contributed by atoms with E-state index in [0.29, 0.717) is 11.4 Å². The number of nitrogens with one attached hydrogen (secondary N) is 2. The highest BCUT2D eigenvalue weighted by atomic mass is 32.2. The summed E-state index contributed by atoms with van der Waals surface area (Å²) in [7, 11) is -1.94. The Kier molecular flexibility index (Phi) is 3.11. The molecular formula is C14H14N2O3S. The van der Waals surface area contributed by atoms with Gasteiger partial charge < -0.3 is 10.1 Å². The lowest BCUT2D eigenvalue weighted by Crippen LogP contribution is -2.38. The molecule has 20 heavy (non-hydrogen) atoms. The number of sulfonamides is 1. The SMILES string of the molecule is COc1cccc(C2Nc3ccccc3S(=O)(=O)N2)c1. The second kappa shape index (κ2) is 4.81. The minimum Gasteiger partial charge on any atom is -0.497 e. The van der Waals surface area contributed by atoms with Crippen LogP contribution in [-0.2, 0) is 10.0 Å². The monoisotopic (exact) mass is 290 g/mol. The maximum atomic E-state index is 12.2. The van der Waals surface area contributed by atoms with Crippen LogP contribution in [0.5, 0.6) is 5.75 Å². The minimum absolute atomic E-state index is 0.263. The van der Waals surface area contributed by atoms with Gasteiger partial charge in [0, 0.05) is 0 Å². The lowest BCUT2D eigenvalue weighted by molar-refractivity contribution is 0.413. The number of para-hydroxylation sites is 1. The quantitative estimate of drug-likeness (QED) is 0.889. The fourth-order valence-corrected chi connectivity index (χ4v) is 3.50. The molecule has 0 radical (unpaired) electrons. The van der Waals surface area contributed by atoms with Gasteiger partial charge in [-0.25, -0.2) is 8.42 Å². The molecule has 6 heteroatoms. The van der Waals surface area contributed by atoms with Gasteiger partial charge in [0.1, 0.15) is 16.8 Å². The first-order valence-corrected chi connectivity index (χ1v) is 7.60. The van der Waals surface area contributed by atoms with Gasteiger partial charge in [0.2, 0.25) is 10.0 Å². The standard InChI is InChI=1S/C14H14N2O3S/c1-19-11-6-4-5-10(9-11)14-15-12-7-2-3-8-13(12)20(17,18)16-14/h2-9,14-16H,1H3. The normalized spacial score (nSPS) is 19.8. The van der Waals surface area contributed by atoms with Crippen molar-refractivity contribution in [1.29, 1.82) is 0 Å². The fraction of sp³-hybridized carbons (Fsp3) is 0.143. The summed E-state index contributed by atoms with van der Waals surface area (Å²) in [5, 5.41) is 3.17. The summed E-state index contributed by atoms with van der Waals surface area (Å²) in [5.41, 5.74) is 1.39. The van der Waals surface area contributed by atoms with E-state index in [9.17, 15) is 8.42 Å². The van der Waals surface area contributed by atoms with E-state index in [-0.39, 0.29) is 4.90 Å². The highest BCUT2D eigenvalue weighted by Gasteiger charge is 2.29. The number of anilines is 1. The lowest BCUT2D eigenvalue weighted by atomic mass is 10.1. The molecular weight excluding hydrogens is 276 g/mol. The second-order valence-electron chi connectivity index (χ2n) is 4.47. The molecule has 0 fully saturated rings. The van der Waals surface area contributed by atoms with E-state index < -0.39 is 16.2 Å². The Morgan fingerprint density at radius 2 is 1.90 bits per heavy atom. The van der Waals surface area contributed by atoms with Crippen LogP contribution in [0, 0.1) is 0 Å². The molecule has 0 amide bonds. The van der Waals surface area contributed by atoms with Crippen LogP contribution in [0.15, 0.2) is 53.4 Å². The highest BCUT2D eigenvalue weighted by Crippen LogP contribution is 2.31. The maximum absolute atomic E-state index is 12.2. The van der Waals surface area contributed by atoms with E-state index >= 15 is 0 Å². The van der Waals surface area contributed by atoms with Crippen molar-refractivity contribution in [2.45, 2.75) is 11.1 Å². The van der Waals surface area contributed by atoms with E-state index in [1.807, 2.05) is 18.2 Å². The zero-order chi connectivity index (χ0) is 14.2. The molecule has 0 bridgehead atoms. The Balaban J connectivity index is 2.02. The van der Waals surface area contributed by atoms with Crippen molar-refractivity contribution >= 4 is 15.7 Å². The third kappa shape index (κ3) is 2.23. The fourth-order valence-electron chi connectivity index (χ4n) is 2.20. The zero-order valence-electron chi connectivity index (χ0n) is 10.8. The molecule has 2 N–H and O–H groups in total. The number of ether oxygens (including phenoxy) is 1. The van der Waals surface area contributed by atoms with Crippen molar-refractivity contribution in [2.75, 3.05) is 12.4 Å². The molecule has 1 heterocycles. The van der Waals surface area contributed by atoms with E-state index in [2.05, 4.69) is 10.0 Å². The summed E-state index contributed by atoms with van der Waals surface area (Å²) in [5.74, 6) is 0.683. The summed E-state index contributed by atoms with van der Waals surface area (Å²) in [6.45, 7) is 0. The van der Waals surface area contributed by atoms with Crippen LogP contribution in [0.1, 0.15) is 11.7 Å². The molecule has 0 aromatic heterocycles. The van der Waals surface area contributed by atoms with E-state index in [0.717, 1.165) is 5.56 Å². The first kappa shape index (κ1) is 13.0. The lowest BCUT2D eigenvalue weighted by Gasteiger charge is -2.28. The molecule has 1 aliphatic rings. The predicted molar refractivity (Wildman–Crippen MR) is 76.1 cm³/mol. The number of benzene rings is 2. The Morgan fingerprint density at radius 1 is 1.10 bits per heavy atom. The summed E-state index contributed by atoms with van der Waals surface area (Å²) in [6, 6.07) is 14.1. The van der Waals surface area contributed by atoms with E-state index in [1.165, 1.54) is 0 Å². The topological polar surface area (TPSA) is 67.4 Å². The molecule has 1 unspecified atom stereocenters. The van der Waals surface area contributed by atoms with Crippen LogP contribution in [0.4, 0.5) is 5.69 Å². The number of fused-ring (bicyclic) bond motifs is 1. The van der Waals surface area contributed by atoms with Gasteiger partial charge in [-0.2, -0.15) is 4.72 Å². The van der Waals surface area contributed by atoms with E-state index in [4.69, 9.17) is 4.74 Å². The first-order chi connectivity index (χ1) is 9.60. The van der Waals surface area contributed by atoms with Crippen LogP contribution < -0.4 is 14.8 Å². The number of hydrogen-bond donors (Lipinski definition) is 2. The van der Waals surface area contributed by atoms with Crippen LogP contribution in [0.3, 0.4) is 0 Å². The Morgan fingerprint density at radius 3 is 2.70 bits per heavy atom. The molecule has 0 saturated carbocycles. The third-order valence-electron chi connectivity index (χ3n) is 3.18. The number of methoxy groups -OCH3 is 1. The molecule has 1 atom stereocenters. The summed E-state index contributed by atoms with van der Waals surface area (Å²) in [6.07, 6.45) is -0.509. The zero-order valence-corrected chi connectivity index (χ0v) is 11.6. The van der Waals surface area contributed by atoms with Gasteiger partial charge in [-0.3, -0.25) is 0 Å². The van der Waals surface area contributed by atoms with Gasteiger partial charge >= 0.3 is 0 Å². The van der Waals surface area contributed by atoms with Crippen molar-refractivity contribution in [2.24, 2.45) is 0 Å². The molecule has 3 rings (SSSR count). The van der Waals surface area contributed by atoms with Gasteiger partial charge in [0.05, 0.1) is 12.8 Å². The Labute approximate surface area is 117 Å². The van der Waals surface area contributed by atoms with Crippen molar-refractivity contribution < 1.29 is 13.2 Å². The molecule has 5 nitrogen and oxygen atoms in total. The summed E-state index contributed by atoms with van der Waals surface area (Å²) >= 11 is 0. The molecule has 2 aromatic carbocycles. The summed E-state index contributed by atoms with van der Waals surface area (Å²) in [4.78, 5) is 0.263. The number of hydrogen-bond acceptors (Lipinski definition) is 4. The third-order valence-corrected chi connectivity index (χ3v) is 4.66. The van der Waals surface area contributed by atoms with Crippen molar-refractivity contribution in [3.63, 3.8) is 0 Å². The molecule has 0 aliphatic carbocycles. The van der Waals surface area contributed by atoms with Crippen LogP contribution in [-0.4, -0.2) is 15.5 Å². The number of rotatable bonds is 2. The van der Waals surface area contributed by atoms with Crippen molar-refractivity contribution in [3.8, 4) is 5.75 Å². The van der Waals surface area contributed by atoms with Crippen LogP contribution >= 0.6 is 0 Å². The van der Waals surface area contributed by atoms with Gasteiger partial charge in [0.25, 0.3) is 0 Å². The van der Waals surface area contributed by atoms with Crippen LogP contribution in [0.25, 0.3) is 0 Å². The molecule has 104 valence electrons. The Hall–Kier alpha value is -2.05. The summed E-state index contributed by atoms with van der Waals surface area (Å²) < 4.78 is 32.2. The van der Waals surface area contributed by atoms with Gasteiger partial charge in [-0.05, 0) is 29.8 Å². The molecule has 1 aliphatic heterocycles. The van der Waals surface area contributed by atoms with Crippen molar-refractivity contribution in [1.82, 2.24) is 4.72 Å². The average Bonchev–Trinajstić information content (AvgIpc) is 2.46. The smallest absolute Gasteiger partial charge is 0.244 e. The highest BCUT2D eigenvalue weighted by molar-refractivity contribution is 7.89. The Bertz CT molecular complexity index is 744. The molecule has 2 aromatic rings. The maximum Gasteiger partial charge on any atom is 0.244 e.